The molecule has 0 atom stereocenters. The highest BCUT2D eigenvalue weighted by Gasteiger charge is 2.32. The molecule has 0 aliphatic carbocycles. The summed E-state index contributed by atoms with van der Waals surface area (Å²) in [5.41, 5.74) is -4.48. The number of pyridine rings is 1. The van der Waals surface area contributed by atoms with E-state index in [1.807, 2.05) is 0 Å². The lowest BCUT2D eigenvalue weighted by atomic mass is 10.0. The van der Waals surface area contributed by atoms with Crippen molar-refractivity contribution in [3.8, 4) is 22.8 Å². The van der Waals surface area contributed by atoms with Gasteiger partial charge in [0.1, 0.15) is 11.6 Å². The fourth-order valence-corrected chi connectivity index (χ4v) is 3.36. The first kappa shape index (κ1) is 27.6. The standard InChI is InChI=1S/C24H19F7N2O4/c1-33-19(13-8-15(24(29,30)31)10-16(25)9-13)12-18(20(34)22(33)36)21(35)32-6-3-7-37-17-5-2-4-14(11-17)23(26,27)28/h2,4-5,8-12,34H,3,6-7H2,1H3,(H,32,35). The van der Waals surface area contributed by atoms with E-state index in [4.69, 9.17) is 4.74 Å². The molecule has 2 aromatic carbocycles. The molecule has 6 nitrogen and oxygen atoms in total. The predicted molar refractivity (Wildman–Crippen MR) is 118 cm³/mol. The number of aromatic nitrogens is 1. The van der Waals surface area contributed by atoms with Gasteiger partial charge in [-0.15, -0.1) is 0 Å². The Bertz CT molecular complexity index is 1360. The lowest BCUT2D eigenvalue weighted by molar-refractivity contribution is -0.138. The van der Waals surface area contributed by atoms with Crippen molar-refractivity contribution in [3.05, 3.63) is 81.4 Å². The molecule has 1 aromatic heterocycles. The van der Waals surface area contributed by atoms with Gasteiger partial charge in [-0.05, 0) is 48.9 Å². The van der Waals surface area contributed by atoms with E-state index >= 15 is 0 Å². The number of nitrogens with one attached hydrogen (secondary N) is 1. The number of ether oxygens (including phenoxy) is 1. The maximum Gasteiger partial charge on any atom is 0.416 e. The minimum atomic E-state index is -4.87. The van der Waals surface area contributed by atoms with Crippen LogP contribution in [0.3, 0.4) is 0 Å². The third-order valence-corrected chi connectivity index (χ3v) is 5.21. The maximum absolute atomic E-state index is 13.9. The molecule has 0 fully saturated rings. The number of aromatic hydroxyl groups is 1. The fourth-order valence-electron chi connectivity index (χ4n) is 3.36. The second-order valence-corrected chi connectivity index (χ2v) is 7.87. The molecular formula is C24H19F7N2O4. The summed E-state index contributed by atoms with van der Waals surface area (Å²) in [6.07, 6.45) is -9.29. The van der Waals surface area contributed by atoms with Gasteiger partial charge in [0.15, 0.2) is 5.75 Å². The van der Waals surface area contributed by atoms with E-state index in [9.17, 15) is 45.4 Å². The van der Waals surface area contributed by atoms with E-state index in [2.05, 4.69) is 5.32 Å². The summed E-state index contributed by atoms with van der Waals surface area (Å²) >= 11 is 0. The van der Waals surface area contributed by atoms with Gasteiger partial charge in [-0.1, -0.05) is 6.07 Å². The number of carbonyl (C=O) groups is 1. The molecule has 0 bridgehead atoms. The monoisotopic (exact) mass is 532 g/mol. The maximum atomic E-state index is 13.9. The van der Waals surface area contributed by atoms with Gasteiger partial charge in [-0.3, -0.25) is 9.59 Å². The topological polar surface area (TPSA) is 80.6 Å². The van der Waals surface area contributed by atoms with Crippen molar-refractivity contribution in [3.63, 3.8) is 0 Å². The molecule has 13 heteroatoms. The molecule has 0 spiro atoms. The van der Waals surface area contributed by atoms with Crippen LogP contribution < -0.4 is 15.6 Å². The van der Waals surface area contributed by atoms with Crippen LogP contribution in [0.25, 0.3) is 11.3 Å². The van der Waals surface area contributed by atoms with Crippen LogP contribution in [0.1, 0.15) is 27.9 Å². The van der Waals surface area contributed by atoms with Crippen LogP contribution in [0, 0.1) is 5.82 Å². The first-order chi connectivity index (χ1) is 17.2. The minimum absolute atomic E-state index is 0.0386. The Morgan fingerprint density at radius 2 is 1.68 bits per heavy atom. The summed E-state index contributed by atoms with van der Waals surface area (Å²) in [6, 6.07) is 6.75. The van der Waals surface area contributed by atoms with Crippen LogP contribution >= 0.6 is 0 Å². The molecule has 3 aromatic rings. The number of halogens is 7. The molecule has 0 unspecified atom stereocenters. The molecule has 0 radical (unpaired) electrons. The summed E-state index contributed by atoms with van der Waals surface area (Å²) in [5.74, 6) is -3.19. The van der Waals surface area contributed by atoms with Crippen LogP contribution in [0.2, 0.25) is 0 Å². The minimum Gasteiger partial charge on any atom is -0.502 e. The van der Waals surface area contributed by atoms with E-state index in [0.717, 1.165) is 35.9 Å². The second kappa shape index (κ2) is 10.5. The van der Waals surface area contributed by atoms with Gasteiger partial charge in [0.25, 0.3) is 11.5 Å². The largest absolute Gasteiger partial charge is 0.502 e. The van der Waals surface area contributed by atoms with Crippen molar-refractivity contribution in [2.24, 2.45) is 7.05 Å². The van der Waals surface area contributed by atoms with Crippen molar-refractivity contribution in [2.45, 2.75) is 18.8 Å². The van der Waals surface area contributed by atoms with Gasteiger partial charge in [0.05, 0.1) is 29.0 Å². The van der Waals surface area contributed by atoms with E-state index in [-0.39, 0.29) is 42.6 Å². The van der Waals surface area contributed by atoms with E-state index in [1.165, 1.54) is 12.1 Å². The molecule has 1 amide bonds. The van der Waals surface area contributed by atoms with Gasteiger partial charge < -0.3 is 19.7 Å². The molecule has 0 saturated heterocycles. The van der Waals surface area contributed by atoms with Crippen LogP contribution in [0.5, 0.6) is 11.5 Å². The number of carbonyl (C=O) groups excluding carboxylic acids is 1. The highest BCUT2D eigenvalue weighted by Crippen LogP contribution is 2.34. The Morgan fingerprint density at radius 1 is 1.00 bits per heavy atom. The average Bonchev–Trinajstić information content (AvgIpc) is 2.81. The van der Waals surface area contributed by atoms with Crippen molar-refractivity contribution < 1.29 is 45.4 Å². The van der Waals surface area contributed by atoms with Gasteiger partial charge in [-0.25, -0.2) is 4.39 Å². The molecule has 0 saturated carbocycles. The first-order valence-corrected chi connectivity index (χ1v) is 10.6. The lowest BCUT2D eigenvalue weighted by Crippen LogP contribution is -2.29. The van der Waals surface area contributed by atoms with E-state index < -0.39 is 52.1 Å². The Morgan fingerprint density at radius 3 is 2.32 bits per heavy atom. The zero-order valence-electron chi connectivity index (χ0n) is 19.0. The first-order valence-electron chi connectivity index (χ1n) is 10.6. The number of hydrogen-bond acceptors (Lipinski definition) is 4. The molecule has 198 valence electrons. The summed E-state index contributed by atoms with van der Waals surface area (Å²) in [4.78, 5) is 25.0. The van der Waals surface area contributed by atoms with E-state index in [0.29, 0.717) is 6.07 Å². The summed E-state index contributed by atoms with van der Waals surface area (Å²) in [5, 5.41) is 12.5. The molecule has 0 aliphatic rings. The third kappa shape index (κ3) is 6.60. The fraction of sp³-hybridized carbons (Fsp3) is 0.250. The van der Waals surface area contributed by atoms with Gasteiger partial charge in [0.2, 0.25) is 0 Å². The van der Waals surface area contributed by atoms with E-state index in [1.54, 1.807) is 0 Å². The SMILES string of the molecule is Cn1c(-c2cc(F)cc(C(F)(F)F)c2)cc(C(=O)NCCCOc2cccc(C(F)(F)F)c2)c(O)c1=O. The van der Waals surface area contributed by atoms with Gasteiger partial charge in [-0.2, -0.15) is 26.3 Å². The van der Waals surface area contributed by atoms with Crippen molar-refractivity contribution in [1.82, 2.24) is 9.88 Å². The van der Waals surface area contributed by atoms with Gasteiger partial charge >= 0.3 is 12.4 Å². The zero-order valence-corrected chi connectivity index (χ0v) is 19.0. The summed E-state index contributed by atoms with van der Waals surface area (Å²) < 4.78 is 97.4. The highest BCUT2D eigenvalue weighted by molar-refractivity contribution is 5.97. The number of nitrogens with zero attached hydrogens (tertiary/aromatic N) is 1. The van der Waals surface area contributed by atoms with Gasteiger partial charge in [0, 0.05) is 19.2 Å². The number of amides is 1. The molecular weight excluding hydrogens is 513 g/mol. The normalized spacial score (nSPS) is 11.9. The Labute approximate surface area is 204 Å². The van der Waals surface area contributed by atoms with Crippen LogP contribution in [-0.2, 0) is 19.4 Å². The van der Waals surface area contributed by atoms with Crippen LogP contribution in [0.15, 0.2) is 53.3 Å². The number of benzene rings is 2. The highest BCUT2D eigenvalue weighted by atomic mass is 19.4. The number of hydrogen-bond donors (Lipinski definition) is 2. The summed E-state index contributed by atoms with van der Waals surface area (Å²) in [6.45, 7) is -0.168. The molecule has 1 heterocycles. The number of rotatable bonds is 7. The van der Waals surface area contributed by atoms with Crippen molar-refractivity contribution >= 4 is 5.91 Å². The Kier molecular flexibility index (Phi) is 7.84. The summed E-state index contributed by atoms with van der Waals surface area (Å²) in [7, 11) is 1.13. The zero-order chi connectivity index (χ0) is 27.5. The van der Waals surface area contributed by atoms with Crippen molar-refractivity contribution in [2.75, 3.05) is 13.2 Å². The molecule has 37 heavy (non-hydrogen) atoms. The Hall–Kier alpha value is -4.03. The quantitative estimate of drug-likeness (QED) is 0.327. The smallest absolute Gasteiger partial charge is 0.416 e. The molecule has 3 rings (SSSR count). The van der Waals surface area contributed by atoms with Crippen molar-refractivity contribution in [1.29, 1.82) is 0 Å². The lowest BCUT2D eigenvalue weighted by Gasteiger charge is -2.15. The molecule has 0 aliphatic heterocycles. The van der Waals surface area contributed by atoms with Crippen LogP contribution in [0.4, 0.5) is 30.7 Å². The second-order valence-electron chi connectivity index (χ2n) is 7.87. The molecule has 2 N–H and O–H groups in total. The third-order valence-electron chi connectivity index (χ3n) is 5.21. The average molecular weight is 532 g/mol. The number of alkyl halides is 6. The predicted octanol–water partition coefficient (Wildman–Crippen LogP) is 5.13. The Balaban J connectivity index is 1.72. The van der Waals surface area contributed by atoms with Crippen LogP contribution in [-0.4, -0.2) is 28.7 Å².